The van der Waals surface area contributed by atoms with E-state index in [4.69, 9.17) is 7.85 Å². The molecule has 1 aromatic carbocycles. The topological polar surface area (TPSA) is 32.7 Å². The SMILES string of the molecule is [B]c1ccc(C(=O)N2N=CCC2C)cc1. The maximum atomic E-state index is 11.9. The summed E-state index contributed by atoms with van der Waals surface area (Å²) in [6, 6.07) is 7.03. The smallest absolute Gasteiger partial charge is 0.267 e. The molecule has 1 heterocycles. The zero-order valence-electron chi connectivity index (χ0n) is 8.55. The van der Waals surface area contributed by atoms with Gasteiger partial charge in [0, 0.05) is 18.2 Å². The maximum absolute atomic E-state index is 11.9. The number of amides is 1. The van der Waals surface area contributed by atoms with Gasteiger partial charge in [-0.25, -0.2) is 5.01 Å². The van der Waals surface area contributed by atoms with E-state index in [1.54, 1.807) is 30.5 Å². The van der Waals surface area contributed by atoms with Gasteiger partial charge in [-0.05, 0) is 19.1 Å². The zero-order chi connectivity index (χ0) is 10.8. The van der Waals surface area contributed by atoms with Gasteiger partial charge in [-0.3, -0.25) is 4.79 Å². The largest absolute Gasteiger partial charge is 0.274 e. The first-order chi connectivity index (χ1) is 7.18. The minimum absolute atomic E-state index is 0.0729. The second kappa shape index (κ2) is 3.89. The molecule has 0 aliphatic carbocycles. The van der Waals surface area contributed by atoms with E-state index in [0.29, 0.717) is 11.0 Å². The monoisotopic (exact) mass is 198 g/mol. The molecule has 0 N–H and O–H groups in total. The molecule has 15 heavy (non-hydrogen) atoms. The third-order valence-electron chi connectivity index (χ3n) is 2.44. The summed E-state index contributed by atoms with van der Waals surface area (Å²) >= 11 is 0. The Morgan fingerprint density at radius 3 is 2.67 bits per heavy atom. The minimum Gasteiger partial charge on any atom is -0.267 e. The minimum atomic E-state index is -0.0729. The molecule has 2 rings (SSSR count). The molecule has 1 unspecified atom stereocenters. The normalized spacial score (nSPS) is 19.5. The van der Waals surface area contributed by atoms with Gasteiger partial charge in [0.15, 0.2) is 0 Å². The highest BCUT2D eigenvalue weighted by Crippen LogP contribution is 2.14. The highest BCUT2D eigenvalue weighted by molar-refractivity contribution is 6.32. The number of benzene rings is 1. The van der Waals surface area contributed by atoms with Gasteiger partial charge in [0.2, 0.25) is 0 Å². The van der Waals surface area contributed by atoms with E-state index >= 15 is 0 Å². The summed E-state index contributed by atoms with van der Waals surface area (Å²) in [6.45, 7) is 1.97. The first kappa shape index (κ1) is 9.96. The van der Waals surface area contributed by atoms with E-state index in [1.807, 2.05) is 6.92 Å². The van der Waals surface area contributed by atoms with Crippen molar-refractivity contribution < 1.29 is 4.79 Å². The molecule has 1 amide bonds. The number of nitrogens with zero attached hydrogens (tertiary/aromatic N) is 2. The van der Waals surface area contributed by atoms with Gasteiger partial charge >= 0.3 is 0 Å². The zero-order valence-corrected chi connectivity index (χ0v) is 8.55. The first-order valence-corrected chi connectivity index (χ1v) is 4.90. The average molecular weight is 198 g/mol. The molecule has 0 aromatic heterocycles. The van der Waals surface area contributed by atoms with Crippen molar-refractivity contribution in [1.29, 1.82) is 0 Å². The molecule has 0 saturated heterocycles. The quantitative estimate of drug-likeness (QED) is 0.611. The van der Waals surface area contributed by atoms with Crippen molar-refractivity contribution in [2.75, 3.05) is 0 Å². The lowest BCUT2D eigenvalue weighted by Crippen LogP contribution is -2.30. The van der Waals surface area contributed by atoms with Crippen LogP contribution < -0.4 is 5.46 Å². The predicted octanol–water partition coefficient (Wildman–Crippen LogP) is 0.701. The van der Waals surface area contributed by atoms with E-state index in [2.05, 4.69) is 5.10 Å². The van der Waals surface area contributed by atoms with Crippen LogP contribution in [-0.2, 0) is 0 Å². The molecular weight excluding hydrogens is 187 g/mol. The lowest BCUT2D eigenvalue weighted by atomic mass is 9.95. The first-order valence-electron chi connectivity index (χ1n) is 4.90. The van der Waals surface area contributed by atoms with Crippen molar-refractivity contribution in [3.63, 3.8) is 0 Å². The molecule has 1 atom stereocenters. The molecule has 0 fully saturated rings. The van der Waals surface area contributed by atoms with Crippen molar-refractivity contribution in [2.45, 2.75) is 19.4 Å². The van der Waals surface area contributed by atoms with Crippen molar-refractivity contribution in [3.05, 3.63) is 29.8 Å². The lowest BCUT2D eigenvalue weighted by Gasteiger charge is -2.17. The van der Waals surface area contributed by atoms with Crippen LogP contribution in [0.3, 0.4) is 0 Å². The molecule has 1 aromatic rings. The van der Waals surface area contributed by atoms with E-state index in [9.17, 15) is 4.79 Å². The number of hydrogen-bond acceptors (Lipinski definition) is 2. The highest BCUT2D eigenvalue weighted by Gasteiger charge is 2.23. The number of carbonyl (C=O) groups is 1. The Balaban J connectivity index is 2.21. The van der Waals surface area contributed by atoms with E-state index in [1.165, 1.54) is 5.01 Å². The molecule has 0 saturated carbocycles. The van der Waals surface area contributed by atoms with E-state index in [-0.39, 0.29) is 11.9 Å². The second-order valence-corrected chi connectivity index (χ2v) is 3.65. The Labute approximate surface area is 90.2 Å². The fourth-order valence-corrected chi connectivity index (χ4v) is 1.51. The average Bonchev–Trinajstić information content (AvgIpc) is 2.65. The Hall–Kier alpha value is -1.58. The summed E-state index contributed by atoms with van der Waals surface area (Å²) in [6.07, 6.45) is 2.58. The van der Waals surface area contributed by atoms with Crippen LogP contribution in [0.5, 0.6) is 0 Å². The standard InChI is InChI=1S/C11H11BN2O/c1-8-6-7-13-14(8)11(15)9-2-4-10(12)5-3-9/h2-5,7-8H,6H2,1H3. The molecule has 1 aliphatic rings. The Morgan fingerprint density at radius 2 is 2.13 bits per heavy atom. The summed E-state index contributed by atoms with van der Waals surface area (Å²) in [5.74, 6) is -0.0729. The van der Waals surface area contributed by atoms with Crippen LogP contribution in [-0.4, -0.2) is 31.0 Å². The van der Waals surface area contributed by atoms with Gasteiger partial charge in [0.1, 0.15) is 7.85 Å². The molecular formula is C11H11BN2O. The number of hydrogen-bond donors (Lipinski definition) is 0. The fraction of sp³-hybridized carbons (Fsp3) is 0.273. The third kappa shape index (κ3) is 1.93. The van der Waals surface area contributed by atoms with Crippen LogP contribution in [0.4, 0.5) is 0 Å². The molecule has 0 spiro atoms. The molecule has 0 bridgehead atoms. The van der Waals surface area contributed by atoms with Crippen LogP contribution >= 0.6 is 0 Å². The van der Waals surface area contributed by atoms with Gasteiger partial charge in [-0.1, -0.05) is 17.6 Å². The molecule has 3 nitrogen and oxygen atoms in total. The number of rotatable bonds is 1. The predicted molar refractivity (Wildman–Crippen MR) is 60.6 cm³/mol. The summed E-state index contributed by atoms with van der Waals surface area (Å²) in [5, 5.41) is 5.55. The van der Waals surface area contributed by atoms with Crippen LogP contribution in [0.1, 0.15) is 23.7 Å². The van der Waals surface area contributed by atoms with E-state index in [0.717, 1.165) is 6.42 Å². The van der Waals surface area contributed by atoms with Crippen molar-refractivity contribution in [3.8, 4) is 0 Å². The van der Waals surface area contributed by atoms with Crippen LogP contribution in [0.2, 0.25) is 0 Å². The van der Waals surface area contributed by atoms with Crippen LogP contribution in [0.15, 0.2) is 29.4 Å². The summed E-state index contributed by atoms with van der Waals surface area (Å²) in [5.41, 5.74) is 1.28. The molecule has 74 valence electrons. The van der Waals surface area contributed by atoms with Crippen molar-refractivity contribution >= 4 is 25.4 Å². The van der Waals surface area contributed by atoms with Gasteiger partial charge in [-0.2, -0.15) is 5.10 Å². The summed E-state index contributed by atoms with van der Waals surface area (Å²) in [7, 11) is 5.55. The van der Waals surface area contributed by atoms with Gasteiger partial charge < -0.3 is 0 Å². The van der Waals surface area contributed by atoms with Gasteiger partial charge in [-0.15, -0.1) is 0 Å². The lowest BCUT2D eigenvalue weighted by molar-refractivity contribution is 0.0725. The Bertz CT molecular complexity index is 400. The fourth-order valence-electron chi connectivity index (χ4n) is 1.51. The number of hydrazone groups is 1. The maximum Gasteiger partial charge on any atom is 0.274 e. The summed E-state index contributed by atoms with van der Waals surface area (Å²) < 4.78 is 0. The Morgan fingerprint density at radius 1 is 1.47 bits per heavy atom. The highest BCUT2D eigenvalue weighted by atomic mass is 16.2. The Kier molecular flexibility index (Phi) is 2.58. The summed E-state index contributed by atoms with van der Waals surface area (Å²) in [4.78, 5) is 11.9. The third-order valence-corrected chi connectivity index (χ3v) is 2.44. The second-order valence-electron chi connectivity index (χ2n) is 3.65. The molecule has 4 heteroatoms. The van der Waals surface area contributed by atoms with Crippen molar-refractivity contribution in [2.24, 2.45) is 5.10 Å². The van der Waals surface area contributed by atoms with Crippen molar-refractivity contribution in [1.82, 2.24) is 5.01 Å². The molecule has 2 radical (unpaired) electrons. The number of carbonyl (C=O) groups excluding carboxylic acids is 1. The van der Waals surface area contributed by atoms with E-state index < -0.39 is 0 Å². The molecule has 1 aliphatic heterocycles. The van der Waals surface area contributed by atoms with Gasteiger partial charge in [0.05, 0.1) is 6.04 Å². The van der Waals surface area contributed by atoms with Gasteiger partial charge in [0.25, 0.3) is 5.91 Å². The van der Waals surface area contributed by atoms with Crippen LogP contribution in [0.25, 0.3) is 0 Å². The van der Waals surface area contributed by atoms with Crippen LogP contribution in [0, 0.1) is 0 Å².